The molecule has 1 aliphatic carbocycles. The molecule has 4 atom stereocenters. The first-order valence-corrected chi connectivity index (χ1v) is 7.93. The topological polar surface area (TPSA) is 20.3 Å². The van der Waals surface area contributed by atoms with Crippen LogP contribution >= 0.6 is 11.8 Å². The zero-order valence-corrected chi connectivity index (χ0v) is 11.1. The first kappa shape index (κ1) is 11.1. The number of thioether (sulfide) groups is 1. The van der Waals surface area contributed by atoms with Gasteiger partial charge in [0.2, 0.25) is 0 Å². The Labute approximate surface area is 112 Å². The lowest BCUT2D eigenvalue weighted by atomic mass is 9.73. The minimum atomic E-state index is 0.265. The number of fused-ring (bicyclic) bond motifs is 5. The Morgan fingerprint density at radius 3 is 2.78 bits per heavy atom. The summed E-state index contributed by atoms with van der Waals surface area (Å²) in [5.74, 6) is 3.51. The smallest absolute Gasteiger partial charge is 0.138 e. The molecule has 4 rings (SSSR count). The van der Waals surface area contributed by atoms with Crippen LogP contribution < -0.4 is 0 Å². The molecule has 0 radical (unpaired) electrons. The molecule has 2 nitrogen and oxygen atoms in total. The van der Waals surface area contributed by atoms with E-state index in [4.69, 9.17) is 0 Å². The Morgan fingerprint density at radius 1 is 1.11 bits per heavy atom. The van der Waals surface area contributed by atoms with E-state index < -0.39 is 0 Å². The van der Waals surface area contributed by atoms with Crippen LogP contribution in [0.1, 0.15) is 24.3 Å². The summed E-state index contributed by atoms with van der Waals surface area (Å²) in [7, 11) is 0. The molecular formula is C15H17NOS. The predicted octanol–water partition coefficient (Wildman–Crippen LogP) is 2.51. The van der Waals surface area contributed by atoms with Crippen LogP contribution in [0.5, 0.6) is 0 Å². The van der Waals surface area contributed by atoms with Crippen LogP contribution in [0.4, 0.5) is 0 Å². The number of carbonyl (C=O) groups excluding carboxylic acids is 1. The van der Waals surface area contributed by atoms with Crippen LogP contribution in [0.15, 0.2) is 30.3 Å². The van der Waals surface area contributed by atoms with Crippen molar-refractivity contribution in [3.63, 3.8) is 0 Å². The molecule has 0 aromatic heterocycles. The molecule has 18 heavy (non-hydrogen) atoms. The van der Waals surface area contributed by atoms with Crippen molar-refractivity contribution in [1.29, 1.82) is 0 Å². The Bertz CT molecular complexity index is 475. The molecule has 1 aromatic rings. The average Bonchev–Trinajstić information content (AvgIpc) is 2.95. The van der Waals surface area contributed by atoms with Crippen molar-refractivity contribution >= 4 is 17.5 Å². The zero-order chi connectivity index (χ0) is 12.1. The van der Waals surface area contributed by atoms with Crippen LogP contribution in [0.25, 0.3) is 0 Å². The van der Waals surface area contributed by atoms with Gasteiger partial charge in [0.05, 0.1) is 0 Å². The zero-order valence-electron chi connectivity index (χ0n) is 10.3. The van der Waals surface area contributed by atoms with E-state index in [9.17, 15) is 4.79 Å². The van der Waals surface area contributed by atoms with Gasteiger partial charge in [-0.1, -0.05) is 30.3 Å². The highest BCUT2D eigenvalue weighted by Gasteiger charge is 2.56. The number of hydrogen-bond donors (Lipinski definition) is 0. The normalized spacial score (nSPS) is 39.0. The second-order valence-electron chi connectivity index (χ2n) is 5.62. The summed E-state index contributed by atoms with van der Waals surface area (Å²) in [4.78, 5) is 15.0. The first-order chi connectivity index (χ1) is 8.86. The second-order valence-corrected chi connectivity index (χ2v) is 6.62. The summed E-state index contributed by atoms with van der Waals surface area (Å²) in [6.07, 6.45) is 1.86. The maximum absolute atomic E-state index is 12.3. The first-order valence-electron chi connectivity index (χ1n) is 6.77. The van der Waals surface area contributed by atoms with Gasteiger partial charge < -0.3 is 0 Å². The maximum atomic E-state index is 12.3. The fourth-order valence-corrected chi connectivity index (χ4v) is 5.47. The van der Waals surface area contributed by atoms with Gasteiger partial charge >= 0.3 is 0 Å². The summed E-state index contributed by atoms with van der Waals surface area (Å²) in [5.41, 5.74) is 1.37. The number of ketones is 1. The van der Waals surface area contributed by atoms with Crippen molar-refractivity contribution in [3.05, 3.63) is 35.9 Å². The van der Waals surface area contributed by atoms with Crippen LogP contribution in [0.3, 0.4) is 0 Å². The molecule has 3 aliphatic rings. The largest absolute Gasteiger partial charge is 0.299 e. The van der Waals surface area contributed by atoms with Crippen molar-refractivity contribution < 1.29 is 4.79 Å². The van der Waals surface area contributed by atoms with Gasteiger partial charge in [-0.3, -0.25) is 9.69 Å². The molecular weight excluding hydrogens is 242 g/mol. The van der Waals surface area contributed by atoms with Gasteiger partial charge in [-0.15, -0.1) is 11.8 Å². The number of rotatable bonds is 1. The van der Waals surface area contributed by atoms with Gasteiger partial charge in [-0.25, -0.2) is 0 Å². The van der Waals surface area contributed by atoms with E-state index >= 15 is 0 Å². The van der Waals surface area contributed by atoms with E-state index in [-0.39, 0.29) is 5.92 Å². The minimum Gasteiger partial charge on any atom is -0.299 e. The molecule has 1 aromatic carbocycles. The predicted molar refractivity (Wildman–Crippen MR) is 73.7 cm³/mol. The highest BCUT2D eigenvalue weighted by Crippen LogP contribution is 2.51. The lowest BCUT2D eigenvalue weighted by molar-refractivity contribution is -0.124. The molecule has 0 amide bonds. The fraction of sp³-hybridized carbons (Fsp3) is 0.533. The molecule has 2 bridgehead atoms. The van der Waals surface area contributed by atoms with Gasteiger partial charge in [0.1, 0.15) is 5.78 Å². The highest BCUT2D eigenvalue weighted by atomic mass is 32.2. The van der Waals surface area contributed by atoms with E-state index in [2.05, 4.69) is 35.2 Å². The summed E-state index contributed by atoms with van der Waals surface area (Å²) in [5, 5.41) is 0. The Morgan fingerprint density at radius 2 is 1.94 bits per heavy atom. The Hall–Kier alpha value is -0.800. The third kappa shape index (κ3) is 1.44. The molecule has 0 spiro atoms. The van der Waals surface area contributed by atoms with E-state index in [0.29, 0.717) is 23.8 Å². The molecule has 3 fully saturated rings. The fourth-order valence-electron chi connectivity index (χ4n) is 4.13. The van der Waals surface area contributed by atoms with Gasteiger partial charge in [0.15, 0.2) is 0 Å². The molecule has 2 aliphatic heterocycles. The Kier molecular flexibility index (Phi) is 2.52. The van der Waals surface area contributed by atoms with Crippen molar-refractivity contribution in [2.45, 2.75) is 30.8 Å². The van der Waals surface area contributed by atoms with Gasteiger partial charge in [0, 0.05) is 42.0 Å². The number of carbonyl (C=O) groups is 1. The van der Waals surface area contributed by atoms with Gasteiger partial charge in [-0.05, 0) is 12.0 Å². The molecule has 94 valence electrons. The molecule has 2 saturated heterocycles. The van der Waals surface area contributed by atoms with Gasteiger partial charge in [0.25, 0.3) is 0 Å². The van der Waals surface area contributed by atoms with Crippen molar-refractivity contribution in [2.24, 2.45) is 5.92 Å². The van der Waals surface area contributed by atoms with E-state index in [0.717, 1.165) is 24.5 Å². The average molecular weight is 259 g/mol. The summed E-state index contributed by atoms with van der Waals surface area (Å²) in [6.45, 7) is 0. The van der Waals surface area contributed by atoms with Crippen molar-refractivity contribution in [2.75, 3.05) is 11.6 Å². The lowest BCUT2D eigenvalue weighted by Gasteiger charge is -2.31. The quantitative estimate of drug-likeness (QED) is 0.773. The SMILES string of the molecule is O=C1CC[C@@H]2C(c3ccccc3)[C@H]1[C@H]1CSCN21. The van der Waals surface area contributed by atoms with Crippen LogP contribution in [-0.2, 0) is 4.79 Å². The van der Waals surface area contributed by atoms with E-state index in [1.54, 1.807) is 0 Å². The monoisotopic (exact) mass is 259 g/mol. The van der Waals surface area contributed by atoms with Crippen molar-refractivity contribution in [3.8, 4) is 0 Å². The molecule has 1 saturated carbocycles. The number of hydrogen-bond acceptors (Lipinski definition) is 3. The third-order valence-corrected chi connectivity index (χ3v) is 5.90. The van der Waals surface area contributed by atoms with E-state index in [1.807, 2.05) is 11.8 Å². The lowest BCUT2D eigenvalue weighted by Crippen LogP contribution is -2.34. The summed E-state index contributed by atoms with van der Waals surface area (Å²) in [6, 6.07) is 11.8. The molecule has 0 N–H and O–H groups in total. The van der Waals surface area contributed by atoms with Crippen LogP contribution in [-0.4, -0.2) is 34.4 Å². The molecule has 1 unspecified atom stereocenters. The highest BCUT2D eigenvalue weighted by molar-refractivity contribution is 7.99. The van der Waals surface area contributed by atoms with E-state index in [1.165, 1.54) is 5.56 Å². The van der Waals surface area contributed by atoms with Crippen LogP contribution in [0.2, 0.25) is 0 Å². The number of benzene rings is 1. The molecule has 2 heterocycles. The molecule has 3 heteroatoms. The minimum absolute atomic E-state index is 0.265. The maximum Gasteiger partial charge on any atom is 0.138 e. The standard InChI is InChI=1S/C15H17NOS/c17-13-7-6-11-14(10-4-2-1-3-5-10)15(13)12-8-18-9-16(11)12/h1-5,11-12,14-15H,6-9H2/t11-,12-,14?,15+/m1/s1. The Balaban J connectivity index is 1.78. The van der Waals surface area contributed by atoms with Crippen molar-refractivity contribution in [1.82, 2.24) is 4.90 Å². The third-order valence-electron chi connectivity index (χ3n) is 4.84. The summed E-state index contributed by atoms with van der Waals surface area (Å²) < 4.78 is 0. The summed E-state index contributed by atoms with van der Waals surface area (Å²) >= 11 is 2.00. The van der Waals surface area contributed by atoms with Crippen LogP contribution in [0, 0.1) is 5.92 Å². The number of Topliss-reactive ketones (excluding diaryl/α,β-unsaturated/α-hetero) is 1. The van der Waals surface area contributed by atoms with Gasteiger partial charge in [-0.2, -0.15) is 0 Å². The number of nitrogens with zero attached hydrogens (tertiary/aromatic N) is 1. The second kappa shape index (κ2) is 4.10.